The number of nitrogens with zero attached hydrogens (tertiary/aromatic N) is 3. The highest BCUT2D eigenvalue weighted by atomic mass is 32.1. The van der Waals surface area contributed by atoms with Crippen LogP contribution in [0.5, 0.6) is 0 Å². The van der Waals surface area contributed by atoms with Crippen LogP contribution in [0.15, 0.2) is 18.2 Å². The minimum absolute atomic E-state index is 0.0299. The molecule has 2 N–H and O–H groups in total. The Kier molecular flexibility index (Phi) is 4.09. The molecule has 1 aromatic carbocycles. The van der Waals surface area contributed by atoms with Crippen molar-refractivity contribution in [2.45, 2.75) is 6.10 Å². The first-order valence-corrected chi connectivity index (χ1v) is 7.30. The van der Waals surface area contributed by atoms with Gasteiger partial charge in [0.05, 0.1) is 12.7 Å². The standard InChI is InChI=1S/C13H14F2N4OS/c14-9-3-8(4-10(15)5-9)12-17-13(21-18-12)19-1-2-20-11(6-16)7-19/h3-5,11H,1-2,6-7,16H2. The number of halogens is 2. The summed E-state index contributed by atoms with van der Waals surface area (Å²) in [5.41, 5.74) is 5.94. The first-order valence-electron chi connectivity index (χ1n) is 6.52. The van der Waals surface area contributed by atoms with E-state index in [0.29, 0.717) is 42.8 Å². The van der Waals surface area contributed by atoms with Gasteiger partial charge in [0.15, 0.2) is 5.82 Å². The highest BCUT2D eigenvalue weighted by molar-refractivity contribution is 7.09. The summed E-state index contributed by atoms with van der Waals surface area (Å²) in [5, 5.41) is 0.705. The molecule has 1 aliphatic heterocycles. The van der Waals surface area contributed by atoms with Gasteiger partial charge >= 0.3 is 0 Å². The highest BCUT2D eigenvalue weighted by Crippen LogP contribution is 2.26. The molecule has 0 amide bonds. The molecular formula is C13H14F2N4OS. The van der Waals surface area contributed by atoms with Gasteiger partial charge in [-0.1, -0.05) is 0 Å². The van der Waals surface area contributed by atoms with E-state index < -0.39 is 11.6 Å². The molecule has 3 rings (SSSR count). The van der Waals surface area contributed by atoms with Gasteiger partial charge < -0.3 is 15.4 Å². The molecule has 1 aromatic heterocycles. The molecule has 0 saturated carbocycles. The molecule has 112 valence electrons. The highest BCUT2D eigenvalue weighted by Gasteiger charge is 2.22. The lowest BCUT2D eigenvalue weighted by Gasteiger charge is -2.31. The van der Waals surface area contributed by atoms with Crippen molar-refractivity contribution in [2.75, 3.05) is 31.1 Å². The largest absolute Gasteiger partial charge is 0.373 e. The van der Waals surface area contributed by atoms with Gasteiger partial charge in [0.1, 0.15) is 11.6 Å². The minimum atomic E-state index is -0.643. The molecule has 2 heterocycles. The maximum absolute atomic E-state index is 13.2. The zero-order valence-corrected chi connectivity index (χ0v) is 11.9. The molecule has 0 bridgehead atoms. The average molecular weight is 312 g/mol. The SMILES string of the molecule is NCC1CN(c2nc(-c3cc(F)cc(F)c3)ns2)CCO1. The third-order valence-electron chi connectivity index (χ3n) is 3.21. The number of rotatable bonds is 3. The Labute approximate surface area is 124 Å². The summed E-state index contributed by atoms with van der Waals surface area (Å²) in [6.45, 7) is 2.36. The maximum atomic E-state index is 13.2. The third kappa shape index (κ3) is 3.17. The Morgan fingerprint density at radius 3 is 2.81 bits per heavy atom. The summed E-state index contributed by atoms with van der Waals surface area (Å²) in [6, 6.07) is 3.26. The second-order valence-corrected chi connectivity index (χ2v) is 5.46. The predicted octanol–water partition coefficient (Wildman–Crippen LogP) is 1.65. The second-order valence-electron chi connectivity index (χ2n) is 4.73. The van der Waals surface area contributed by atoms with Crippen molar-refractivity contribution >= 4 is 16.7 Å². The summed E-state index contributed by atoms with van der Waals surface area (Å²) >= 11 is 1.20. The van der Waals surface area contributed by atoms with E-state index in [1.165, 1.54) is 23.7 Å². The van der Waals surface area contributed by atoms with Gasteiger partial charge in [-0.05, 0) is 12.1 Å². The summed E-state index contributed by atoms with van der Waals surface area (Å²) in [6.07, 6.45) is -0.0299. The van der Waals surface area contributed by atoms with E-state index in [9.17, 15) is 8.78 Å². The minimum Gasteiger partial charge on any atom is -0.373 e. The van der Waals surface area contributed by atoms with Crippen LogP contribution in [0.1, 0.15) is 0 Å². The molecule has 21 heavy (non-hydrogen) atoms. The van der Waals surface area contributed by atoms with Crippen LogP contribution in [0.25, 0.3) is 11.4 Å². The Morgan fingerprint density at radius 1 is 1.33 bits per heavy atom. The first-order chi connectivity index (χ1) is 10.2. The lowest BCUT2D eigenvalue weighted by molar-refractivity contribution is 0.0465. The van der Waals surface area contributed by atoms with Crippen LogP contribution in [-0.2, 0) is 4.74 Å². The van der Waals surface area contributed by atoms with Crippen LogP contribution in [-0.4, -0.2) is 41.7 Å². The van der Waals surface area contributed by atoms with Gasteiger partial charge in [0, 0.05) is 42.8 Å². The molecule has 1 unspecified atom stereocenters. The molecule has 1 atom stereocenters. The fraction of sp³-hybridized carbons (Fsp3) is 0.385. The molecular weight excluding hydrogens is 298 g/mol. The average Bonchev–Trinajstić information content (AvgIpc) is 2.96. The Morgan fingerprint density at radius 2 is 2.10 bits per heavy atom. The van der Waals surface area contributed by atoms with Crippen molar-refractivity contribution in [2.24, 2.45) is 5.73 Å². The van der Waals surface area contributed by atoms with Crippen molar-refractivity contribution in [3.8, 4) is 11.4 Å². The third-order valence-corrected chi connectivity index (χ3v) is 3.99. The zero-order valence-electron chi connectivity index (χ0n) is 11.1. The fourth-order valence-corrected chi connectivity index (χ4v) is 2.90. The molecule has 5 nitrogen and oxygen atoms in total. The van der Waals surface area contributed by atoms with E-state index in [-0.39, 0.29) is 6.10 Å². The molecule has 1 saturated heterocycles. The number of nitrogens with two attached hydrogens (primary N) is 1. The zero-order chi connectivity index (χ0) is 14.8. The summed E-state index contributed by atoms with van der Waals surface area (Å²) in [7, 11) is 0. The molecule has 0 radical (unpaired) electrons. The smallest absolute Gasteiger partial charge is 0.205 e. The van der Waals surface area contributed by atoms with Crippen molar-refractivity contribution in [1.29, 1.82) is 0 Å². The summed E-state index contributed by atoms with van der Waals surface area (Å²) in [4.78, 5) is 6.38. The van der Waals surface area contributed by atoms with Gasteiger partial charge in [-0.2, -0.15) is 9.36 Å². The van der Waals surface area contributed by atoms with Crippen LogP contribution in [0.2, 0.25) is 0 Å². The Balaban J connectivity index is 1.82. The van der Waals surface area contributed by atoms with Gasteiger partial charge in [-0.25, -0.2) is 8.78 Å². The summed E-state index contributed by atoms with van der Waals surface area (Å²) in [5.74, 6) is -0.962. The lowest BCUT2D eigenvalue weighted by atomic mass is 10.2. The number of benzene rings is 1. The summed E-state index contributed by atoms with van der Waals surface area (Å²) < 4.78 is 36.1. The van der Waals surface area contributed by atoms with Crippen LogP contribution in [0.4, 0.5) is 13.9 Å². The van der Waals surface area contributed by atoms with Crippen LogP contribution < -0.4 is 10.6 Å². The van der Waals surface area contributed by atoms with Gasteiger partial charge in [0.25, 0.3) is 0 Å². The van der Waals surface area contributed by atoms with E-state index in [0.717, 1.165) is 6.07 Å². The number of hydrogen-bond acceptors (Lipinski definition) is 6. The number of hydrogen-bond donors (Lipinski definition) is 1. The van der Waals surface area contributed by atoms with Crippen molar-refractivity contribution in [1.82, 2.24) is 9.36 Å². The van der Waals surface area contributed by atoms with E-state index in [4.69, 9.17) is 10.5 Å². The number of ether oxygens (including phenoxy) is 1. The predicted molar refractivity (Wildman–Crippen MR) is 76.3 cm³/mol. The molecule has 8 heteroatoms. The van der Waals surface area contributed by atoms with Gasteiger partial charge in [0.2, 0.25) is 5.13 Å². The molecule has 2 aromatic rings. The first kappa shape index (κ1) is 14.3. The van der Waals surface area contributed by atoms with Crippen molar-refractivity contribution < 1.29 is 13.5 Å². The lowest BCUT2D eigenvalue weighted by Crippen LogP contribution is -2.45. The molecule has 1 fully saturated rings. The quantitative estimate of drug-likeness (QED) is 0.933. The van der Waals surface area contributed by atoms with E-state index in [1.54, 1.807) is 0 Å². The number of morpholine rings is 1. The molecule has 0 spiro atoms. The van der Waals surface area contributed by atoms with Crippen molar-refractivity contribution in [3.63, 3.8) is 0 Å². The number of aromatic nitrogens is 2. The Hall–Kier alpha value is -1.64. The second kappa shape index (κ2) is 6.00. The molecule has 1 aliphatic rings. The normalized spacial score (nSPS) is 19.0. The topological polar surface area (TPSA) is 64.3 Å². The van der Waals surface area contributed by atoms with Gasteiger partial charge in [-0.15, -0.1) is 0 Å². The van der Waals surface area contributed by atoms with Crippen LogP contribution in [0, 0.1) is 11.6 Å². The Bertz CT molecular complexity index is 616. The van der Waals surface area contributed by atoms with E-state index in [2.05, 4.69) is 9.36 Å². The van der Waals surface area contributed by atoms with Crippen LogP contribution in [0.3, 0.4) is 0 Å². The molecule has 0 aliphatic carbocycles. The van der Waals surface area contributed by atoms with E-state index in [1.807, 2.05) is 4.90 Å². The van der Waals surface area contributed by atoms with Crippen LogP contribution >= 0.6 is 11.5 Å². The van der Waals surface area contributed by atoms with E-state index >= 15 is 0 Å². The van der Waals surface area contributed by atoms with Gasteiger partial charge in [-0.3, -0.25) is 0 Å². The number of anilines is 1. The monoisotopic (exact) mass is 312 g/mol. The maximum Gasteiger partial charge on any atom is 0.205 e. The van der Waals surface area contributed by atoms with Crippen molar-refractivity contribution in [3.05, 3.63) is 29.8 Å². The fourth-order valence-electron chi connectivity index (χ4n) is 2.18.